The highest BCUT2D eigenvalue weighted by atomic mass is 19.2. The quantitative estimate of drug-likeness (QED) is 0.830. The van der Waals surface area contributed by atoms with Gasteiger partial charge in [-0.15, -0.1) is 0 Å². The predicted molar refractivity (Wildman–Crippen MR) is 83.7 cm³/mol. The van der Waals surface area contributed by atoms with Crippen LogP contribution in [0.25, 0.3) is 0 Å². The third-order valence-corrected chi connectivity index (χ3v) is 4.36. The van der Waals surface area contributed by atoms with Crippen molar-refractivity contribution in [2.75, 3.05) is 13.7 Å². The van der Waals surface area contributed by atoms with E-state index in [2.05, 4.69) is 10.1 Å². The second-order valence-corrected chi connectivity index (χ2v) is 6.32. The first kappa shape index (κ1) is 16.8. The molecule has 1 aromatic carbocycles. The average Bonchev–Trinajstić information content (AvgIpc) is 3.20. The Bertz CT molecular complexity index is 718. The van der Waals surface area contributed by atoms with Gasteiger partial charge in [-0.2, -0.15) is 4.98 Å². The lowest BCUT2D eigenvalue weighted by atomic mass is 10.1. The molecule has 0 aliphatic carbocycles. The highest BCUT2D eigenvalue weighted by molar-refractivity contribution is 5.35. The number of halogens is 2. The van der Waals surface area contributed by atoms with Gasteiger partial charge in [0.15, 0.2) is 17.5 Å². The summed E-state index contributed by atoms with van der Waals surface area (Å²) in [6, 6.07) is 2.44. The Labute approximate surface area is 139 Å². The fourth-order valence-electron chi connectivity index (χ4n) is 3.03. The maximum absolute atomic E-state index is 14.2. The molecule has 1 saturated heterocycles. The Kier molecular flexibility index (Phi) is 4.80. The zero-order chi connectivity index (χ0) is 17.3. The Hall–Kier alpha value is -2.02. The average molecular weight is 337 g/mol. The smallest absolute Gasteiger partial charge is 0.244 e. The monoisotopic (exact) mass is 337 g/mol. The van der Waals surface area contributed by atoms with Crippen molar-refractivity contribution in [3.05, 3.63) is 41.0 Å². The first-order valence-corrected chi connectivity index (χ1v) is 8.09. The maximum Gasteiger partial charge on any atom is 0.244 e. The van der Waals surface area contributed by atoms with Crippen LogP contribution in [0.5, 0.6) is 5.75 Å². The third kappa shape index (κ3) is 3.13. The van der Waals surface area contributed by atoms with Crippen LogP contribution in [-0.2, 0) is 6.54 Å². The van der Waals surface area contributed by atoms with E-state index in [1.165, 1.54) is 13.2 Å². The Morgan fingerprint density at radius 3 is 2.83 bits per heavy atom. The van der Waals surface area contributed by atoms with Gasteiger partial charge in [-0.3, -0.25) is 4.90 Å². The SMILES string of the molecule is COc1ccc(F)c(F)c1CN1CCCC1c1nc(C(C)C)no1. The first-order valence-electron chi connectivity index (χ1n) is 8.09. The number of hydrogen-bond donors (Lipinski definition) is 0. The van der Waals surface area contributed by atoms with E-state index in [0.29, 0.717) is 17.5 Å². The summed E-state index contributed by atoms with van der Waals surface area (Å²) < 4.78 is 38.4. The second-order valence-electron chi connectivity index (χ2n) is 6.32. The van der Waals surface area contributed by atoms with Crippen LogP contribution in [0.2, 0.25) is 0 Å². The molecular weight excluding hydrogens is 316 g/mol. The third-order valence-electron chi connectivity index (χ3n) is 4.36. The molecule has 1 atom stereocenters. The number of benzene rings is 1. The summed E-state index contributed by atoms with van der Waals surface area (Å²) in [4.78, 5) is 6.47. The zero-order valence-corrected chi connectivity index (χ0v) is 14.1. The molecule has 0 radical (unpaired) electrons. The minimum atomic E-state index is -0.874. The molecule has 130 valence electrons. The first-order chi connectivity index (χ1) is 11.5. The number of methoxy groups -OCH3 is 1. The molecule has 7 heteroatoms. The van der Waals surface area contributed by atoms with Gasteiger partial charge in [0.25, 0.3) is 0 Å². The lowest BCUT2D eigenvalue weighted by Gasteiger charge is -2.23. The molecule has 0 bridgehead atoms. The normalized spacial score (nSPS) is 18.5. The minimum absolute atomic E-state index is 0.0858. The molecule has 0 saturated carbocycles. The predicted octanol–water partition coefficient (Wildman–Crippen LogP) is 3.82. The van der Waals surface area contributed by atoms with Gasteiger partial charge in [-0.05, 0) is 31.5 Å². The highest BCUT2D eigenvalue weighted by Gasteiger charge is 2.32. The van der Waals surface area contributed by atoms with E-state index in [1.807, 2.05) is 18.7 Å². The van der Waals surface area contributed by atoms with Crippen LogP contribution in [-0.4, -0.2) is 28.7 Å². The molecule has 1 aromatic heterocycles. The van der Waals surface area contributed by atoms with Crippen molar-refractivity contribution < 1.29 is 18.0 Å². The van der Waals surface area contributed by atoms with Crippen molar-refractivity contribution in [1.29, 1.82) is 0 Å². The van der Waals surface area contributed by atoms with E-state index < -0.39 is 11.6 Å². The fourth-order valence-corrected chi connectivity index (χ4v) is 3.03. The Balaban J connectivity index is 1.85. The number of nitrogens with zero attached hydrogens (tertiary/aromatic N) is 3. The van der Waals surface area contributed by atoms with Crippen LogP contribution in [0.3, 0.4) is 0 Å². The molecular formula is C17H21F2N3O2. The molecule has 1 aliphatic rings. The van der Waals surface area contributed by atoms with E-state index >= 15 is 0 Å². The lowest BCUT2D eigenvalue weighted by Crippen LogP contribution is -2.24. The van der Waals surface area contributed by atoms with Gasteiger partial charge in [0.2, 0.25) is 5.89 Å². The van der Waals surface area contributed by atoms with Crippen molar-refractivity contribution in [2.45, 2.75) is 45.2 Å². The number of rotatable bonds is 5. The lowest BCUT2D eigenvalue weighted by molar-refractivity contribution is 0.196. The molecule has 0 amide bonds. The van der Waals surface area contributed by atoms with Crippen LogP contribution < -0.4 is 4.74 Å². The molecule has 0 spiro atoms. The van der Waals surface area contributed by atoms with E-state index in [0.717, 1.165) is 25.5 Å². The molecule has 2 aromatic rings. The molecule has 1 fully saturated rings. The van der Waals surface area contributed by atoms with E-state index in [1.54, 1.807) is 0 Å². The summed E-state index contributed by atoms with van der Waals surface area (Å²) >= 11 is 0. The molecule has 5 nitrogen and oxygen atoms in total. The molecule has 2 heterocycles. The number of hydrogen-bond acceptors (Lipinski definition) is 5. The van der Waals surface area contributed by atoms with Crippen molar-refractivity contribution in [3.8, 4) is 5.75 Å². The van der Waals surface area contributed by atoms with Gasteiger partial charge in [0.05, 0.1) is 13.2 Å². The summed E-state index contributed by atoms with van der Waals surface area (Å²) in [6.07, 6.45) is 1.78. The van der Waals surface area contributed by atoms with Crippen LogP contribution in [0.1, 0.15) is 55.9 Å². The van der Waals surface area contributed by atoms with Gasteiger partial charge >= 0.3 is 0 Å². The van der Waals surface area contributed by atoms with Crippen LogP contribution in [0, 0.1) is 11.6 Å². The Morgan fingerprint density at radius 2 is 2.17 bits per heavy atom. The number of aromatic nitrogens is 2. The number of ether oxygens (including phenoxy) is 1. The molecule has 3 rings (SSSR count). The molecule has 1 aliphatic heterocycles. The minimum Gasteiger partial charge on any atom is -0.496 e. The van der Waals surface area contributed by atoms with Crippen LogP contribution in [0.15, 0.2) is 16.7 Å². The largest absolute Gasteiger partial charge is 0.496 e. The standard InChI is InChI=1S/C17H21F2N3O2/c1-10(2)16-20-17(24-21-16)13-5-4-8-22(13)9-11-14(23-3)7-6-12(18)15(11)19/h6-7,10,13H,4-5,8-9H2,1-3H3. The van der Waals surface area contributed by atoms with Crippen LogP contribution in [0.4, 0.5) is 8.78 Å². The van der Waals surface area contributed by atoms with Crippen molar-refractivity contribution in [2.24, 2.45) is 0 Å². The molecule has 24 heavy (non-hydrogen) atoms. The molecule has 1 unspecified atom stereocenters. The van der Waals surface area contributed by atoms with E-state index in [-0.39, 0.29) is 24.1 Å². The van der Waals surface area contributed by atoms with Gasteiger partial charge in [-0.1, -0.05) is 19.0 Å². The highest BCUT2D eigenvalue weighted by Crippen LogP contribution is 2.35. The van der Waals surface area contributed by atoms with Crippen molar-refractivity contribution in [3.63, 3.8) is 0 Å². The second kappa shape index (κ2) is 6.84. The molecule has 0 N–H and O–H groups in total. The van der Waals surface area contributed by atoms with E-state index in [9.17, 15) is 8.78 Å². The van der Waals surface area contributed by atoms with Crippen molar-refractivity contribution in [1.82, 2.24) is 15.0 Å². The summed E-state index contributed by atoms with van der Waals surface area (Å²) in [5, 5.41) is 4.00. The zero-order valence-electron chi connectivity index (χ0n) is 14.1. The Morgan fingerprint density at radius 1 is 1.38 bits per heavy atom. The maximum atomic E-state index is 14.2. The van der Waals surface area contributed by atoms with Gasteiger partial charge < -0.3 is 9.26 Å². The summed E-state index contributed by atoms with van der Waals surface area (Å²) in [5.74, 6) is -0.0285. The summed E-state index contributed by atoms with van der Waals surface area (Å²) in [6.45, 7) is 4.97. The fraction of sp³-hybridized carbons (Fsp3) is 0.529. The topological polar surface area (TPSA) is 51.4 Å². The summed E-state index contributed by atoms with van der Waals surface area (Å²) in [5.41, 5.74) is 0.216. The van der Waals surface area contributed by atoms with Crippen LogP contribution >= 0.6 is 0 Å². The van der Waals surface area contributed by atoms with E-state index in [4.69, 9.17) is 9.26 Å². The van der Waals surface area contributed by atoms with Crippen molar-refractivity contribution >= 4 is 0 Å². The number of likely N-dealkylation sites (tertiary alicyclic amines) is 1. The van der Waals surface area contributed by atoms with Gasteiger partial charge in [-0.25, -0.2) is 8.78 Å². The summed E-state index contributed by atoms with van der Waals surface area (Å²) in [7, 11) is 1.45. The van der Waals surface area contributed by atoms with Gasteiger partial charge in [0.1, 0.15) is 5.75 Å². The van der Waals surface area contributed by atoms with Gasteiger partial charge in [0, 0.05) is 18.0 Å².